The summed E-state index contributed by atoms with van der Waals surface area (Å²) in [7, 11) is 0. The van der Waals surface area contributed by atoms with Crippen LogP contribution < -0.4 is 0 Å². The quantitative estimate of drug-likeness (QED) is 0.292. The first-order valence-corrected chi connectivity index (χ1v) is 12.7. The van der Waals surface area contributed by atoms with Crippen molar-refractivity contribution in [1.29, 1.82) is 0 Å². The van der Waals surface area contributed by atoms with Crippen molar-refractivity contribution in [3.63, 3.8) is 0 Å². The Morgan fingerprint density at radius 2 is 1.73 bits per heavy atom. The molecule has 0 saturated heterocycles. The number of carboxylic acid groups (broad SMARTS) is 1. The first-order chi connectivity index (χ1) is 14.3. The van der Waals surface area contributed by atoms with Crippen LogP contribution in [0.3, 0.4) is 0 Å². The van der Waals surface area contributed by atoms with Gasteiger partial charge in [0.05, 0.1) is 18.4 Å². The highest BCUT2D eigenvalue weighted by Crippen LogP contribution is 2.47. The lowest BCUT2D eigenvalue weighted by molar-refractivity contribution is -0.162. The maximum atomic E-state index is 12.8. The second-order valence-electron chi connectivity index (χ2n) is 10.8. The second-order valence-corrected chi connectivity index (χ2v) is 10.8. The first kappa shape index (κ1) is 25.2. The fourth-order valence-electron chi connectivity index (χ4n) is 5.95. The van der Waals surface area contributed by atoms with Crippen molar-refractivity contribution in [3.05, 3.63) is 0 Å². The van der Waals surface area contributed by atoms with Gasteiger partial charge in [-0.05, 0) is 68.1 Å². The van der Waals surface area contributed by atoms with E-state index >= 15 is 0 Å². The Hall–Kier alpha value is -1.06. The van der Waals surface area contributed by atoms with Crippen LogP contribution in [0.15, 0.2) is 0 Å². The smallest absolute Gasteiger partial charge is 0.309 e. The lowest BCUT2D eigenvalue weighted by atomic mass is 9.63. The molecule has 30 heavy (non-hydrogen) atoms. The summed E-state index contributed by atoms with van der Waals surface area (Å²) in [6, 6.07) is 0. The van der Waals surface area contributed by atoms with E-state index in [9.17, 15) is 14.7 Å². The van der Waals surface area contributed by atoms with Gasteiger partial charge < -0.3 is 9.84 Å². The van der Waals surface area contributed by atoms with Gasteiger partial charge in [0.15, 0.2) is 0 Å². The van der Waals surface area contributed by atoms with Crippen molar-refractivity contribution in [2.75, 3.05) is 6.61 Å². The second kappa shape index (κ2) is 12.1. The molecular weight excluding hydrogens is 376 g/mol. The highest BCUT2D eigenvalue weighted by Gasteiger charge is 2.41. The average molecular weight is 423 g/mol. The van der Waals surface area contributed by atoms with Gasteiger partial charge in [-0.15, -0.1) is 0 Å². The molecule has 174 valence electrons. The van der Waals surface area contributed by atoms with E-state index in [1.807, 2.05) is 0 Å². The molecule has 2 aliphatic rings. The van der Waals surface area contributed by atoms with E-state index in [1.165, 1.54) is 57.8 Å². The number of carbonyl (C=O) groups excluding carboxylic acids is 1. The number of carboxylic acids is 1. The van der Waals surface area contributed by atoms with Crippen molar-refractivity contribution < 1.29 is 19.4 Å². The third kappa shape index (κ3) is 7.27. The lowest BCUT2D eigenvalue weighted by Gasteiger charge is -2.43. The van der Waals surface area contributed by atoms with Gasteiger partial charge in [-0.3, -0.25) is 9.59 Å². The van der Waals surface area contributed by atoms with Crippen LogP contribution >= 0.6 is 0 Å². The zero-order valence-corrected chi connectivity index (χ0v) is 20.0. The summed E-state index contributed by atoms with van der Waals surface area (Å²) in [4.78, 5) is 24.5. The van der Waals surface area contributed by atoms with Crippen molar-refractivity contribution in [2.24, 2.45) is 35.0 Å². The zero-order valence-electron chi connectivity index (χ0n) is 20.0. The molecule has 0 amide bonds. The monoisotopic (exact) mass is 422 g/mol. The fourth-order valence-corrected chi connectivity index (χ4v) is 5.95. The number of ether oxygens (including phenoxy) is 1. The predicted molar refractivity (Wildman–Crippen MR) is 121 cm³/mol. The molecule has 0 aromatic rings. The summed E-state index contributed by atoms with van der Waals surface area (Å²) < 4.78 is 5.82. The van der Waals surface area contributed by atoms with Crippen LogP contribution in [0.4, 0.5) is 0 Å². The molecule has 4 heteroatoms. The summed E-state index contributed by atoms with van der Waals surface area (Å²) in [6.07, 6.45) is 14.6. The number of esters is 1. The Kier molecular flexibility index (Phi) is 10.2. The summed E-state index contributed by atoms with van der Waals surface area (Å²) in [5.41, 5.74) is 0.432. The number of aliphatic carboxylic acids is 1. The van der Waals surface area contributed by atoms with Crippen LogP contribution in [0.5, 0.6) is 0 Å². The highest BCUT2D eigenvalue weighted by atomic mass is 16.5. The minimum Gasteiger partial charge on any atom is -0.481 e. The van der Waals surface area contributed by atoms with E-state index in [2.05, 4.69) is 27.7 Å². The minimum atomic E-state index is -0.842. The lowest BCUT2D eigenvalue weighted by Crippen LogP contribution is -2.38. The molecule has 2 saturated carbocycles. The van der Waals surface area contributed by atoms with Gasteiger partial charge in [0.1, 0.15) is 0 Å². The van der Waals surface area contributed by atoms with E-state index in [0.717, 1.165) is 12.8 Å². The number of carbonyl (C=O) groups is 2. The third-order valence-corrected chi connectivity index (χ3v) is 8.02. The molecule has 0 radical (unpaired) electrons. The molecule has 1 N–H and O–H groups in total. The maximum absolute atomic E-state index is 12.8. The van der Waals surface area contributed by atoms with Crippen molar-refractivity contribution in [2.45, 2.75) is 111 Å². The van der Waals surface area contributed by atoms with E-state index in [4.69, 9.17) is 4.74 Å². The molecule has 0 aliphatic heterocycles. The molecule has 2 fully saturated rings. The van der Waals surface area contributed by atoms with Crippen LogP contribution in [0.2, 0.25) is 0 Å². The van der Waals surface area contributed by atoms with Crippen LogP contribution in [-0.2, 0) is 14.3 Å². The van der Waals surface area contributed by atoms with E-state index in [1.54, 1.807) is 0 Å². The Balaban J connectivity index is 1.95. The van der Waals surface area contributed by atoms with E-state index in [0.29, 0.717) is 42.6 Å². The average Bonchev–Trinajstić information content (AvgIpc) is 2.71. The third-order valence-electron chi connectivity index (χ3n) is 8.02. The Morgan fingerprint density at radius 1 is 1.00 bits per heavy atom. The molecule has 2 aliphatic carbocycles. The van der Waals surface area contributed by atoms with Gasteiger partial charge in [-0.2, -0.15) is 0 Å². The Bertz CT molecular complexity index is 545. The number of hydrogen-bond donors (Lipinski definition) is 1. The molecule has 6 unspecified atom stereocenters. The van der Waals surface area contributed by atoms with Gasteiger partial charge >= 0.3 is 11.9 Å². The van der Waals surface area contributed by atoms with E-state index in [-0.39, 0.29) is 5.97 Å². The van der Waals surface area contributed by atoms with Gasteiger partial charge in [-0.25, -0.2) is 0 Å². The SMILES string of the molecule is CCCCCC1CC(C)(CCCC)CCC1COC(=O)C1CCC(C)CC1C(=O)O. The molecule has 2 rings (SSSR count). The van der Waals surface area contributed by atoms with Crippen LogP contribution in [0.1, 0.15) is 111 Å². The van der Waals surface area contributed by atoms with Crippen molar-refractivity contribution >= 4 is 11.9 Å². The number of unbranched alkanes of at least 4 members (excludes halogenated alkanes) is 3. The molecule has 0 aromatic heterocycles. The number of hydrogen-bond acceptors (Lipinski definition) is 3. The molecule has 4 nitrogen and oxygen atoms in total. The van der Waals surface area contributed by atoms with Crippen LogP contribution in [0, 0.1) is 35.0 Å². The summed E-state index contributed by atoms with van der Waals surface area (Å²) in [6.45, 7) is 9.53. The first-order valence-electron chi connectivity index (χ1n) is 12.7. The van der Waals surface area contributed by atoms with Crippen molar-refractivity contribution in [3.8, 4) is 0 Å². The molecule has 0 bridgehead atoms. The maximum Gasteiger partial charge on any atom is 0.309 e. The van der Waals surface area contributed by atoms with Crippen LogP contribution in [-0.4, -0.2) is 23.7 Å². The predicted octanol–water partition coefficient (Wildman–Crippen LogP) is 6.86. The van der Waals surface area contributed by atoms with E-state index < -0.39 is 17.8 Å². The minimum absolute atomic E-state index is 0.263. The molecule has 0 heterocycles. The van der Waals surface area contributed by atoms with Crippen LogP contribution in [0.25, 0.3) is 0 Å². The molecular formula is C26H46O4. The molecule has 6 atom stereocenters. The van der Waals surface area contributed by atoms with Gasteiger partial charge in [0.2, 0.25) is 0 Å². The highest BCUT2D eigenvalue weighted by molar-refractivity contribution is 5.81. The topological polar surface area (TPSA) is 63.6 Å². The van der Waals surface area contributed by atoms with Crippen molar-refractivity contribution in [1.82, 2.24) is 0 Å². The number of rotatable bonds is 11. The molecule has 0 spiro atoms. The standard InChI is InChI=1S/C26H46O4/c1-5-7-9-10-20-17-26(4,14-8-6-2)15-13-21(20)18-30-25(29)22-12-11-19(3)16-23(22)24(27)28/h19-23H,5-18H2,1-4H3,(H,27,28). The largest absolute Gasteiger partial charge is 0.481 e. The van der Waals surface area contributed by atoms with Gasteiger partial charge in [0, 0.05) is 0 Å². The summed E-state index contributed by atoms with van der Waals surface area (Å²) in [5.74, 6) is -0.711. The molecule has 0 aromatic carbocycles. The zero-order chi connectivity index (χ0) is 22.1. The Morgan fingerprint density at radius 3 is 2.40 bits per heavy atom. The van der Waals surface area contributed by atoms with Gasteiger partial charge in [-0.1, -0.05) is 66.2 Å². The summed E-state index contributed by atoms with van der Waals surface area (Å²) >= 11 is 0. The summed E-state index contributed by atoms with van der Waals surface area (Å²) in [5, 5.41) is 9.58. The fraction of sp³-hybridized carbons (Fsp3) is 0.923. The Labute approximate surface area is 184 Å². The normalized spacial score (nSPS) is 34.5. The van der Waals surface area contributed by atoms with Gasteiger partial charge in [0.25, 0.3) is 0 Å².